The first kappa shape index (κ1) is 30.2. The Labute approximate surface area is 238 Å². The lowest BCUT2D eigenvalue weighted by molar-refractivity contribution is -0.130. The van der Waals surface area contributed by atoms with E-state index < -0.39 is 45.2 Å². The van der Waals surface area contributed by atoms with Crippen LogP contribution in [-0.4, -0.2) is 90.8 Å². The summed E-state index contributed by atoms with van der Waals surface area (Å²) in [5.41, 5.74) is 1.61. The van der Waals surface area contributed by atoms with E-state index in [0.29, 0.717) is 47.8 Å². The van der Waals surface area contributed by atoms with Crippen molar-refractivity contribution in [2.45, 2.75) is 51.8 Å². The Morgan fingerprint density at radius 2 is 1.85 bits per heavy atom. The lowest BCUT2D eigenvalue weighted by Crippen LogP contribution is -2.57. The molecule has 222 valence electrons. The number of para-hydroxylation sites is 2. The second-order valence-electron chi connectivity index (χ2n) is 9.95. The van der Waals surface area contributed by atoms with Crippen molar-refractivity contribution < 1.29 is 36.5 Å². The van der Waals surface area contributed by atoms with Gasteiger partial charge in [-0.15, -0.1) is 0 Å². The quantitative estimate of drug-likeness (QED) is 0.329. The summed E-state index contributed by atoms with van der Waals surface area (Å²) >= 11 is 0. The highest BCUT2D eigenvalue weighted by Crippen LogP contribution is 2.20. The Bertz CT molecular complexity index is 1440. The van der Waals surface area contributed by atoms with E-state index >= 15 is 0 Å². The third-order valence-corrected chi connectivity index (χ3v) is 8.40. The Morgan fingerprint density at radius 1 is 1.12 bits per heavy atom. The number of aromatic nitrogens is 2. The average molecular weight is 590 g/mol. The molecule has 1 N–H and O–H groups in total. The van der Waals surface area contributed by atoms with Gasteiger partial charge in [0.15, 0.2) is 15.4 Å². The topological polar surface area (TPSA) is 165 Å². The van der Waals surface area contributed by atoms with Gasteiger partial charge in [-0.3, -0.25) is 14.5 Å². The number of urea groups is 1. The standard InChI is InChI=1S/C27H35N5O8S/c1-4-5-8-11-32(26(34)24-28-21-9-6-7-10-23(21)39-24)25(33)22(29-27(35)31-12-14-38-15-13-31)17-41(36,37)16-20-18(2)30-40-19(20)3/h6-7,9-10,22H,4-5,8,11-17H2,1-3H3,(H,29,35). The SMILES string of the molecule is CCCCCN(C(=O)c1nc2ccccc2o1)C(=O)C(CS(=O)(=O)Cc1c(C)noc1C)NC(=O)N1CCOCC1. The Morgan fingerprint density at radius 3 is 2.51 bits per heavy atom. The van der Waals surface area contributed by atoms with Crippen LogP contribution < -0.4 is 5.32 Å². The fourth-order valence-corrected chi connectivity index (χ4v) is 6.22. The van der Waals surface area contributed by atoms with Crippen LogP contribution in [0.3, 0.4) is 0 Å². The second-order valence-corrected chi connectivity index (χ2v) is 12.1. The maximum absolute atomic E-state index is 14.0. The van der Waals surface area contributed by atoms with Crippen molar-refractivity contribution in [1.29, 1.82) is 0 Å². The molecule has 0 spiro atoms. The molecule has 0 saturated carbocycles. The van der Waals surface area contributed by atoms with Gasteiger partial charge in [-0.2, -0.15) is 0 Å². The minimum absolute atomic E-state index is 0.00191. The Kier molecular flexibility index (Phi) is 9.76. The minimum Gasteiger partial charge on any atom is -0.432 e. The van der Waals surface area contributed by atoms with Crippen LogP contribution in [0, 0.1) is 13.8 Å². The van der Waals surface area contributed by atoms with Crippen molar-refractivity contribution in [2.24, 2.45) is 0 Å². The fourth-order valence-electron chi connectivity index (χ4n) is 4.52. The molecule has 1 fully saturated rings. The molecule has 1 unspecified atom stereocenters. The lowest BCUT2D eigenvalue weighted by Gasteiger charge is -2.30. The van der Waals surface area contributed by atoms with E-state index in [2.05, 4.69) is 15.5 Å². The predicted molar refractivity (Wildman–Crippen MR) is 148 cm³/mol. The summed E-state index contributed by atoms with van der Waals surface area (Å²) < 4.78 is 42.8. The molecule has 2 aromatic heterocycles. The van der Waals surface area contributed by atoms with Crippen LogP contribution in [0.25, 0.3) is 11.1 Å². The van der Waals surface area contributed by atoms with E-state index in [-0.39, 0.29) is 25.5 Å². The molecule has 3 aromatic rings. The van der Waals surface area contributed by atoms with Crippen molar-refractivity contribution >= 4 is 38.8 Å². The number of nitrogens with zero attached hydrogens (tertiary/aromatic N) is 4. The van der Waals surface area contributed by atoms with E-state index in [0.717, 1.165) is 17.7 Å². The number of rotatable bonds is 11. The van der Waals surface area contributed by atoms with Crippen molar-refractivity contribution in [2.75, 3.05) is 38.6 Å². The van der Waals surface area contributed by atoms with Crippen LogP contribution in [0.15, 0.2) is 33.2 Å². The number of amides is 4. The summed E-state index contributed by atoms with van der Waals surface area (Å²) in [6.45, 7) is 6.38. The number of ether oxygens (including phenoxy) is 1. The van der Waals surface area contributed by atoms with Gasteiger partial charge in [0, 0.05) is 25.2 Å². The molecule has 1 aliphatic heterocycles. The number of morpholine rings is 1. The maximum Gasteiger partial charge on any atom is 0.318 e. The predicted octanol–water partition coefficient (Wildman–Crippen LogP) is 2.62. The van der Waals surface area contributed by atoms with Gasteiger partial charge in [-0.1, -0.05) is 37.1 Å². The number of imide groups is 1. The van der Waals surface area contributed by atoms with Gasteiger partial charge in [-0.25, -0.2) is 18.2 Å². The van der Waals surface area contributed by atoms with Crippen LogP contribution in [0.1, 0.15) is 53.9 Å². The molecule has 0 radical (unpaired) electrons. The number of hydrogen-bond acceptors (Lipinski definition) is 10. The van der Waals surface area contributed by atoms with Crippen molar-refractivity contribution in [3.63, 3.8) is 0 Å². The van der Waals surface area contributed by atoms with E-state index in [1.165, 1.54) is 4.90 Å². The molecule has 41 heavy (non-hydrogen) atoms. The van der Waals surface area contributed by atoms with Gasteiger partial charge in [0.1, 0.15) is 17.3 Å². The maximum atomic E-state index is 14.0. The first-order valence-corrected chi connectivity index (χ1v) is 15.4. The van der Waals surface area contributed by atoms with Gasteiger partial charge < -0.3 is 23.9 Å². The van der Waals surface area contributed by atoms with Crippen LogP contribution in [-0.2, 0) is 25.1 Å². The molecule has 0 aliphatic carbocycles. The zero-order valence-electron chi connectivity index (χ0n) is 23.4. The Hall–Kier alpha value is -3.78. The molecule has 1 aliphatic rings. The van der Waals surface area contributed by atoms with Crippen molar-refractivity contribution in [3.05, 3.63) is 47.2 Å². The first-order chi connectivity index (χ1) is 19.6. The molecule has 1 atom stereocenters. The molecule has 1 saturated heterocycles. The molecular formula is C27H35N5O8S. The van der Waals surface area contributed by atoms with Crippen LogP contribution >= 0.6 is 0 Å². The second kappa shape index (κ2) is 13.3. The summed E-state index contributed by atoms with van der Waals surface area (Å²) in [5, 5.41) is 6.38. The van der Waals surface area contributed by atoms with E-state index in [4.69, 9.17) is 13.7 Å². The molecule has 13 nitrogen and oxygen atoms in total. The van der Waals surface area contributed by atoms with E-state index in [9.17, 15) is 22.8 Å². The van der Waals surface area contributed by atoms with Crippen LogP contribution in [0.2, 0.25) is 0 Å². The van der Waals surface area contributed by atoms with E-state index in [1.807, 2.05) is 6.92 Å². The summed E-state index contributed by atoms with van der Waals surface area (Å²) in [7, 11) is -4.00. The summed E-state index contributed by atoms with van der Waals surface area (Å²) in [6.07, 6.45) is 2.02. The normalized spacial score (nSPS) is 14.7. The number of carbonyl (C=O) groups excluding carboxylic acids is 3. The fraction of sp³-hybridized carbons (Fsp3) is 0.519. The summed E-state index contributed by atoms with van der Waals surface area (Å²) in [4.78, 5) is 47.3. The number of hydrogen-bond donors (Lipinski definition) is 1. The van der Waals surface area contributed by atoms with Gasteiger partial charge in [-0.05, 0) is 32.4 Å². The first-order valence-electron chi connectivity index (χ1n) is 13.6. The van der Waals surface area contributed by atoms with Crippen molar-refractivity contribution in [1.82, 2.24) is 25.3 Å². The third kappa shape index (κ3) is 7.50. The number of nitrogens with one attached hydrogen (secondary N) is 1. The number of fused-ring (bicyclic) bond motifs is 1. The minimum atomic E-state index is -4.00. The number of unbranched alkanes of at least 4 members (excludes halogenated alkanes) is 2. The summed E-state index contributed by atoms with van der Waals surface area (Å²) in [5.74, 6) is -2.81. The highest BCUT2D eigenvalue weighted by Gasteiger charge is 2.37. The molecule has 1 aromatic carbocycles. The molecule has 4 rings (SSSR count). The summed E-state index contributed by atoms with van der Waals surface area (Å²) in [6, 6.07) is 4.62. The van der Waals surface area contributed by atoms with Gasteiger partial charge in [0.05, 0.1) is 30.4 Å². The van der Waals surface area contributed by atoms with Gasteiger partial charge in [0.25, 0.3) is 11.8 Å². The highest BCUT2D eigenvalue weighted by atomic mass is 32.2. The number of benzene rings is 1. The molecule has 14 heteroatoms. The number of aryl methyl sites for hydroxylation is 2. The zero-order chi connectivity index (χ0) is 29.6. The largest absolute Gasteiger partial charge is 0.432 e. The highest BCUT2D eigenvalue weighted by molar-refractivity contribution is 7.90. The number of oxazole rings is 1. The molecule has 4 amide bonds. The third-order valence-electron chi connectivity index (χ3n) is 6.83. The number of sulfone groups is 1. The van der Waals surface area contributed by atoms with Gasteiger partial charge in [0.2, 0.25) is 0 Å². The average Bonchev–Trinajstić information content (AvgIpc) is 3.53. The van der Waals surface area contributed by atoms with Crippen LogP contribution in [0.5, 0.6) is 0 Å². The zero-order valence-corrected chi connectivity index (χ0v) is 24.2. The van der Waals surface area contributed by atoms with Gasteiger partial charge >= 0.3 is 11.9 Å². The lowest BCUT2D eigenvalue weighted by atomic mass is 10.2. The Balaban J connectivity index is 1.64. The molecule has 3 heterocycles. The monoisotopic (exact) mass is 589 g/mol. The molecular weight excluding hydrogens is 554 g/mol. The van der Waals surface area contributed by atoms with Crippen molar-refractivity contribution in [3.8, 4) is 0 Å². The number of carbonyl (C=O) groups is 3. The molecule has 0 bridgehead atoms. The van der Waals surface area contributed by atoms with E-state index in [1.54, 1.807) is 38.1 Å². The smallest absolute Gasteiger partial charge is 0.318 e. The van der Waals surface area contributed by atoms with Crippen LogP contribution in [0.4, 0.5) is 4.79 Å².